The van der Waals surface area contributed by atoms with Crippen LogP contribution in [0.2, 0.25) is 0 Å². The molecule has 0 aliphatic carbocycles. The largest absolute Gasteiger partial charge is 0.299 e. The molecule has 5 nitrogen and oxygen atoms in total. The summed E-state index contributed by atoms with van der Waals surface area (Å²) in [6.45, 7) is 1.22. The zero-order valence-electron chi connectivity index (χ0n) is 7.26. The number of Topliss-reactive ketones (excluding diaryl/α,β-unsaturated/α-hetero) is 1. The lowest BCUT2D eigenvalue weighted by Crippen LogP contribution is -2.44. The molecule has 0 radical (unpaired) electrons. The summed E-state index contributed by atoms with van der Waals surface area (Å²) in [6, 6.07) is 0. The Kier molecular flexibility index (Phi) is 1.99. The fourth-order valence-electron chi connectivity index (χ4n) is 1.27. The van der Waals surface area contributed by atoms with E-state index in [-0.39, 0.29) is 0 Å². The van der Waals surface area contributed by atoms with Gasteiger partial charge in [-0.1, -0.05) is 11.8 Å². The molecule has 0 aromatic heterocycles. The van der Waals surface area contributed by atoms with Gasteiger partial charge in [0, 0.05) is 6.20 Å². The number of carbonyl (C=O) groups is 3. The number of amidine groups is 1. The van der Waals surface area contributed by atoms with Crippen LogP contribution in [0.1, 0.15) is 6.92 Å². The highest BCUT2D eigenvalue weighted by Crippen LogP contribution is 2.26. The van der Waals surface area contributed by atoms with Crippen molar-refractivity contribution in [3.63, 3.8) is 0 Å². The Morgan fingerprint density at radius 2 is 2.29 bits per heavy atom. The fourth-order valence-corrected chi connectivity index (χ4v) is 1.98. The predicted octanol–water partition coefficient (Wildman–Crippen LogP) is 0.134. The van der Waals surface area contributed by atoms with Crippen molar-refractivity contribution in [2.75, 3.05) is 0 Å². The molecule has 0 bridgehead atoms. The van der Waals surface area contributed by atoms with Gasteiger partial charge in [-0.2, -0.15) is 4.99 Å². The molecule has 1 unspecified atom stereocenters. The van der Waals surface area contributed by atoms with Crippen LogP contribution in [-0.4, -0.2) is 27.7 Å². The van der Waals surface area contributed by atoms with Crippen LogP contribution in [0.15, 0.2) is 16.6 Å². The Morgan fingerprint density at radius 1 is 1.57 bits per heavy atom. The second-order valence-electron chi connectivity index (χ2n) is 2.89. The Hall–Kier alpha value is -1.43. The maximum absolute atomic E-state index is 11.6. The van der Waals surface area contributed by atoms with Gasteiger partial charge in [0.25, 0.3) is 11.8 Å². The summed E-state index contributed by atoms with van der Waals surface area (Å²) in [4.78, 5) is 38.8. The van der Waals surface area contributed by atoms with Gasteiger partial charge in [0.05, 0.1) is 0 Å². The Balaban J connectivity index is 2.42. The second-order valence-corrected chi connectivity index (χ2v) is 3.76. The molecule has 0 fully saturated rings. The summed E-state index contributed by atoms with van der Waals surface area (Å²) >= 11 is 1.19. The first-order chi connectivity index (χ1) is 6.61. The van der Waals surface area contributed by atoms with Crippen LogP contribution < -0.4 is 0 Å². The van der Waals surface area contributed by atoms with Crippen LogP contribution in [0.3, 0.4) is 0 Å². The molecule has 2 heterocycles. The topological polar surface area (TPSA) is 66.8 Å². The van der Waals surface area contributed by atoms with Gasteiger partial charge in [-0.15, -0.1) is 0 Å². The van der Waals surface area contributed by atoms with E-state index in [0.717, 1.165) is 0 Å². The Labute approximate surface area is 83.9 Å². The number of thioether (sulfide) groups is 1. The van der Waals surface area contributed by atoms with Crippen LogP contribution >= 0.6 is 11.8 Å². The first kappa shape index (κ1) is 9.14. The number of nitrogens with zero attached hydrogens (tertiary/aromatic N) is 2. The van der Waals surface area contributed by atoms with E-state index < -0.39 is 23.5 Å². The number of carbonyl (C=O) groups excluding carboxylic acids is 3. The van der Waals surface area contributed by atoms with Crippen molar-refractivity contribution < 1.29 is 14.4 Å². The molecule has 0 saturated carbocycles. The molecule has 1 atom stereocenters. The Morgan fingerprint density at radius 3 is 2.93 bits per heavy atom. The number of amides is 2. The van der Waals surface area contributed by atoms with E-state index in [4.69, 9.17) is 0 Å². The molecule has 0 aromatic carbocycles. The highest BCUT2D eigenvalue weighted by atomic mass is 32.2. The van der Waals surface area contributed by atoms with E-state index in [1.54, 1.807) is 5.41 Å². The molecule has 6 heteroatoms. The van der Waals surface area contributed by atoms with Gasteiger partial charge in [0.2, 0.25) is 0 Å². The molecule has 14 heavy (non-hydrogen) atoms. The number of hydrogen-bond acceptors (Lipinski definition) is 4. The minimum Gasteiger partial charge on any atom is -0.299 e. The zero-order chi connectivity index (χ0) is 10.3. The molecule has 2 aliphatic rings. The minimum atomic E-state index is -1.25. The third-order valence-electron chi connectivity index (χ3n) is 1.93. The maximum Gasteiger partial charge on any atom is 0.268 e. The Bertz CT molecular complexity index is 399. The average Bonchev–Trinajstić information content (AvgIpc) is 2.50. The number of ketones is 1. The first-order valence-electron chi connectivity index (χ1n) is 3.90. The van der Waals surface area contributed by atoms with Crippen molar-refractivity contribution in [3.8, 4) is 0 Å². The lowest BCUT2D eigenvalue weighted by molar-refractivity contribution is -0.142. The molecule has 2 aliphatic heterocycles. The molecule has 2 rings (SSSR count). The second kappa shape index (κ2) is 3.06. The van der Waals surface area contributed by atoms with Crippen molar-refractivity contribution in [3.05, 3.63) is 11.6 Å². The van der Waals surface area contributed by atoms with Crippen molar-refractivity contribution in [2.24, 2.45) is 10.9 Å². The molecular weight excluding hydrogens is 204 g/mol. The summed E-state index contributed by atoms with van der Waals surface area (Å²) in [5, 5.41) is 1.98. The molecular formula is C8H6N2O3S. The van der Waals surface area contributed by atoms with Gasteiger partial charge >= 0.3 is 0 Å². The quantitative estimate of drug-likeness (QED) is 0.577. The van der Waals surface area contributed by atoms with E-state index in [0.29, 0.717) is 5.17 Å². The third kappa shape index (κ3) is 1.19. The van der Waals surface area contributed by atoms with Crippen LogP contribution in [-0.2, 0) is 14.4 Å². The lowest BCUT2D eigenvalue weighted by Gasteiger charge is -2.22. The van der Waals surface area contributed by atoms with Crippen LogP contribution in [0.5, 0.6) is 0 Å². The predicted molar refractivity (Wildman–Crippen MR) is 50.2 cm³/mol. The maximum atomic E-state index is 11.6. The molecule has 0 saturated heterocycles. The van der Waals surface area contributed by atoms with Crippen LogP contribution in [0, 0.1) is 5.92 Å². The first-order valence-corrected chi connectivity index (χ1v) is 4.78. The number of aliphatic imine (C=N–C) groups is 1. The average molecular weight is 210 g/mol. The van der Waals surface area contributed by atoms with Crippen molar-refractivity contribution in [1.29, 1.82) is 0 Å². The van der Waals surface area contributed by atoms with E-state index >= 15 is 0 Å². The fraction of sp³-hybridized carbons (Fsp3) is 0.250. The monoisotopic (exact) mass is 210 g/mol. The standard InChI is InChI=1S/C8H6N2O3S/c1-4(11)5-6(12)9-8-10(7(5)13)2-3-14-8/h2-3,5H,1H3. The van der Waals surface area contributed by atoms with Crippen molar-refractivity contribution >= 4 is 34.5 Å². The summed E-state index contributed by atoms with van der Waals surface area (Å²) in [7, 11) is 0. The van der Waals surface area contributed by atoms with E-state index in [2.05, 4.69) is 4.99 Å². The highest BCUT2D eigenvalue weighted by molar-refractivity contribution is 8.16. The van der Waals surface area contributed by atoms with E-state index in [1.807, 2.05) is 0 Å². The number of rotatable bonds is 1. The zero-order valence-corrected chi connectivity index (χ0v) is 8.08. The minimum absolute atomic E-state index is 0.331. The molecule has 0 N–H and O–H groups in total. The summed E-state index contributed by atoms with van der Waals surface area (Å²) in [5.41, 5.74) is 0. The van der Waals surface area contributed by atoms with Crippen molar-refractivity contribution in [2.45, 2.75) is 6.92 Å². The van der Waals surface area contributed by atoms with Gasteiger partial charge in [-0.05, 0) is 12.3 Å². The highest BCUT2D eigenvalue weighted by Gasteiger charge is 2.41. The van der Waals surface area contributed by atoms with Crippen molar-refractivity contribution in [1.82, 2.24) is 4.90 Å². The van der Waals surface area contributed by atoms with E-state index in [9.17, 15) is 14.4 Å². The smallest absolute Gasteiger partial charge is 0.268 e. The SMILES string of the molecule is CC(=O)C1C(=O)N=C2SC=CN2C1=O. The van der Waals surface area contributed by atoms with Crippen LogP contribution in [0.25, 0.3) is 0 Å². The molecule has 72 valence electrons. The summed E-state index contributed by atoms with van der Waals surface area (Å²) in [5.74, 6) is -2.88. The number of hydrogen-bond donors (Lipinski definition) is 0. The summed E-state index contributed by atoms with van der Waals surface area (Å²) in [6.07, 6.45) is 1.51. The molecule has 2 amide bonds. The number of fused-ring (bicyclic) bond motifs is 1. The van der Waals surface area contributed by atoms with Gasteiger partial charge in [-0.3, -0.25) is 19.3 Å². The lowest BCUT2D eigenvalue weighted by atomic mass is 10.0. The molecule has 0 spiro atoms. The van der Waals surface area contributed by atoms with Gasteiger partial charge in [-0.25, -0.2) is 0 Å². The molecule has 0 aromatic rings. The summed E-state index contributed by atoms with van der Waals surface area (Å²) < 4.78 is 0. The van der Waals surface area contributed by atoms with E-state index in [1.165, 1.54) is 29.8 Å². The van der Waals surface area contributed by atoms with Gasteiger partial charge in [0.1, 0.15) is 0 Å². The van der Waals surface area contributed by atoms with Crippen LogP contribution in [0.4, 0.5) is 0 Å². The van der Waals surface area contributed by atoms with Gasteiger partial charge < -0.3 is 0 Å². The van der Waals surface area contributed by atoms with Gasteiger partial charge in [0.15, 0.2) is 16.9 Å². The normalized spacial score (nSPS) is 25.1. The third-order valence-corrected chi connectivity index (χ3v) is 2.69.